The average molecular weight is 346 g/mol. The van der Waals surface area contributed by atoms with Crippen LogP contribution in [0, 0.1) is 10.1 Å². The van der Waals surface area contributed by atoms with Gasteiger partial charge in [0.25, 0.3) is 5.91 Å². The third kappa shape index (κ3) is 4.17. The molecule has 0 heterocycles. The van der Waals surface area contributed by atoms with Crippen LogP contribution in [0.2, 0.25) is 0 Å². The summed E-state index contributed by atoms with van der Waals surface area (Å²) in [4.78, 5) is 23.0. The Kier molecular flexibility index (Phi) is 5.78. The molecule has 0 saturated heterocycles. The van der Waals surface area contributed by atoms with E-state index in [9.17, 15) is 14.9 Å². The van der Waals surface area contributed by atoms with Crippen molar-refractivity contribution in [3.63, 3.8) is 0 Å². The zero-order chi connectivity index (χ0) is 18.4. The third-order valence-electron chi connectivity index (χ3n) is 3.37. The summed E-state index contributed by atoms with van der Waals surface area (Å²) >= 11 is 0. The summed E-state index contributed by atoms with van der Waals surface area (Å²) in [5.74, 6) is 0.598. The molecule has 0 unspecified atom stereocenters. The fourth-order valence-corrected chi connectivity index (χ4v) is 2.18. The minimum Gasteiger partial charge on any atom is -0.497 e. The van der Waals surface area contributed by atoms with Crippen LogP contribution in [0.25, 0.3) is 0 Å². The summed E-state index contributed by atoms with van der Waals surface area (Å²) < 4.78 is 15.5. The van der Waals surface area contributed by atoms with E-state index < -0.39 is 10.8 Å². The van der Waals surface area contributed by atoms with Crippen molar-refractivity contribution in [1.29, 1.82) is 0 Å². The molecule has 2 aromatic rings. The van der Waals surface area contributed by atoms with Crippen molar-refractivity contribution in [1.82, 2.24) is 0 Å². The molecule has 0 bridgehead atoms. The predicted octanol–water partition coefficient (Wildman–Crippen LogP) is 3.26. The van der Waals surface area contributed by atoms with Crippen molar-refractivity contribution in [2.45, 2.75) is 6.92 Å². The van der Waals surface area contributed by atoms with E-state index in [4.69, 9.17) is 14.2 Å². The number of carbonyl (C=O) groups excluding carboxylic acids is 1. The number of nitrogens with zero attached hydrogens (tertiary/aromatic N) is 1. The number of rotatable bonds is 7. The number of nitro groups is 1. The fourth-order valence-electron chi connectivity index (χ4n) is 2.18. The van der Waals surface area contributed by atoms with Crippen LogP contribution in [0.1, 0.15) is 17.3 Å². The van der Waals surface area contributed by atoms with Gasteiger partial charge in [0, 0.05) is 17.7 Å². The van der Waals surface area contributed by atoms with Crippen molar-refractivity contribution in [3.05, 3.63) is 52.1 Å². The van der Waals surface area contributed by atoms with Gasteiger partial charge in [0.15, 0.2) is 5.75 Å². The highest BCUT2D eigenvalue weighted by molar-refractivity contribution is 6.05. The minimum atomic E-state index is -0.588. The summed E-state index contributed by atoms with van der Waals surface area (Å²) in [6.45, 7) is 2.01. The topological polar surface area (TPSA) is 99.9 Å². The second-order valence-electron chi connectivity index (χ2n) is 4.89. The number of nitrogens with one attached hydrogen (secondary N) is 1. The molecule has 0 aromatic heterocycles. The highest BCUT2D eigenvalue weighted by Gasteiger charge is 2.19. The lowest BCUT2D eigenvalue weighted by atomic mass is 10.1. The van der Waals surface area contributed by atoms with E-state index in [1.54, 1.807) is 25.1 Å². The number of amides is 1. The SMILES string of the molecule is CCOc1ccc(C(=O)Nc2ccc(OC)cc2OC)cc1[N+](=O)[O-]. The first-order valence-corrected chi connectivity index (χ1v) is 7.44. The number of methoxy groups -OCH3 is 2. The van der Waals surface area contributed by atoms with Crippen LogP contribution in [0.5, 0.6) is 17.2 Å². The molecule has 2 aromatic carbocycles. The standard InChI is InChI=1S/C17H18N2O6/c1-4-25-15-8-5-11(9-14(15)19(21)22)17(20)18-13-7-6-12(23-2)10-16(13)24-3/h5-10H,4H2,1-3H3,(H,18,20). The maximum Gasteiger partial charge on any atom is 0.311 e. The van der Waals surface area contributed by atoms with Crippen molar-refractivity contribution in [3.8, 4) is 17.2 Å². The second-order valence-corrected chi connectivity index (χ2v) is 4.89. The molecule has 0 aliphatic carbocycles. The molecule has 0 aliphatic heterocycles. The Morgan fingerprint density at radius 1 is 1.12 bits per heavy atom. The number of benzene rings is 2. The molecule has 0 aliphatic rings. The van der Waals surface area contributed by atoms with E-state index >= 15 is 0 Å². The summed E-state index contributed by atoms with van der Waals surface area (Å²) in [6, 6.07) is 8.95. The molecule has 8 nitrogen and oxygen atoms in total. The number of hydrogen-bond acceptors (Lipinski definition) is 6. The molecular weight excluding hydrogens is 328 g/mol. The molecule has 1 amide bonds. The largest absolute Gasteiger partial charge is 0.497 e. The summed E-state index contributed by atoms with van der Waals surface area (Å²) in [7, 11) is 2.98. The summed E-state index contributed by atoms with van der Waals surface area (Å²) in [5.41, 5.74) is 0.286. The third-order valence-corrected chi connectivity index (χ3v) is 3.37. The van der Waals surface area contributed by atoms with Gasteiger partial charge in [-0.15, -0.1) is 0 Å². The lowest BCUT2D eigenvalue weighted by Crippen LogP contribution is -2.13. The molecule has 0 fully saturated rings. The van der Waals surface area contributed by atoms with Crippen LogP contribution < -0.4 is 19.5 Å². The van der Waals surface area contributed by atoms with Gasteiger partial charge < -0.3 is 19.5 Å². The lowest BCUT2D eigenvalue weighted by Gasteiger charge is -2.12. The Bertz CT molecular complexity index is 791. The van der Waals surface area contributed by atoms with Gasteiger partial charge in [-0.2, -0.15) is 0 Å². The van der Waals surface area contributed by atoms with Crippen LogP contribution >= 0.6 is 0 Å². The monoisotopic (exact) mass is 346 g/mol. The van der Waals surface area contributed by atoms with Gasteiger partial charge in [-0.05, 0) is 31.2 Å². The van der Waals surface area contributed by atoms with E-state index in [1.807, 2.05) is 0 Å². The molecular formula is C17H18N2O6. The van der Waals surface area contributed by atoms with Crippen LogP contribution in [0.3, 0.4) is 0 Å². The normalized spacial score (nSPS) is 10.0. The average Bonchev–Trinajstić information content (AvgIpc) is 2.62. The summed E-state index contributed by atoms with van der Waals surface area (Å²) in [5, 5.41) is 13.8. The van der Waals surface area contributed by atoms with Crippen molar-refractivity contribution >= 4 is 17.3 Å². The first kappa shape index (κ1) is 18.1. The number of hydrogen-bond donors (Lipinski definition) is 1. The first-order chi connectivity index (χ1) is 12.0. The minimum absolute atomic E-state index is 0.117. The van der Waals surface area contributed by atoms with E-state index in [-0.39, 0.29) is 23.6 Å². The Balaban J connectivity index is 2.29. The lowest BCUT2D eigenvalue weighted by molar-refractivity contribution is -0.385. The van der Waals surface area contributed by atoms with E-state index in [0.717, 1.165) is 0 Å². The van der Waals surface area contributed by atoms with E-state index in [0.29, 0.717) is 17.2 Å². The van der Waals surface area contributed by atoms with Gasteiger partial charge in [-0.3, -0.25) is 14.9 Å². The quantitative estimate of drug-likeness (QED) is 0.610. The maximum atomic E-state index is 12.4. The molecule has 8 heteroatoms. The zero-order valence-electron chi connectivity index (χ0n) is 14.1. The molecule has 0 atom stereocenters. The van der Waals surface area contributed by atoms with E-state index in [2.05, 4.69) is 5.32 Å². The fraction of sp³-hybridized carbons (Fsp3) is 0.235. The summed E-state index contributed by atoms with van der Waals surface area (Å²) in [6.07, 6.45) is 0. The van der Waals surface area contributed by atoms with Crippen LogP contribution in [-0.4, -0.2) is 31.7 Å². The first-order valence-electron chi connectivity index (χ1n) is 7.44. The van der Waals surface area contributed by atoms with Gasteiger partial charge in [0.2, 0.25) is 0 Å². The second kappa shape index (κ2) is 8.00. The molecule has 1 N–H and O–H groups in total. The Morgan fingerprint density at radius 2 is 1.88 bits per heavy atom. The van der Waals surface area contributed by atoms with Gasteiger partial charge in [0.1, 0.15) is 11.5 Å². The predicted molar refractivity (Wildman–Crippen MR) is 91.8 cm³/mol. The number of anilines is 1. The zero-order valence-corrected chi connectivity index (χ0v) is 14.1. The highest BCUT2D eigenvalue weighted by atomic mass is 16.6. The van der Waals surface area contributed by atoms with Crippen LogP contribution in [0.4, 0.5) is 11.4 Å². The molecule has 0 saturated carbocycles. The van der Waals surface area contributed by atoms with Gasteiger partial charge in [0.05, 0.1) is 31.4 Å². The Labute approximate surface area is 144 Å². The molecule has 132 valence electrons. The van der Waals surface area contributed by atoms with Crippen molar-refractivity contribution < 1.29 is 23.9 Å². The molecule has 0 radical (unpaired) electrons. The number of nitro benzene ring substituents is 1. The van der Waals surface area contributed by atoms with Gasteiger partial charge in [-0.1, -0.05) is 0 Å². The number of ether oxygens (including phenoxy) is 3. The van der Waals surface area contributed by atoms with Gasteiger partial charge >= 0.3 is 5.69 Å². The van der Waals surface area contributed by atoms with Crippen LogP contribution in [-0.2, 0) is 0 Å². The highest BCUT2D eigenvalue weighted by Crippen LogP contribution is 2.31. The van der Waals surface area contributed by atoms with Crippen molar-refractivity contribution in [2.75, 3.05) is 26.1 Å². The van der Waals surface area contributed by atoms with E-state index in [1.165, 1.54) is 32.4 Å². The smallest absolute Gasteiger partial charge is 0.311 e. The number of carbonyl (C=O) groups is 1. The van der Waals surface area contributed by atoms with Crippen molar-refractivity contribution in [2.24, 2.45) is 0 Å². The Morgan fingerprint density at radius 3 is 2.48 bits per heavy atom. The van der Waals surface area contributed by atoms with Crippen LogP contribution in [0.15, 0.2) is 36.4 Å². The Hall–Kier alpha value is -3.29. The van der Waals surface area contributed by atoms with Gasteiger partial charge in [-0.25, -0.2) is 0 Å². The maximum absolute atomic E-state index is 12.4. The molecule has 2 rings (SSSR count). The molecule has 25 heavy (non-hydrogen) atoms. The molecule has 0 spiro atoms.